The van der Waals surface area contributed by atoms with E-state index < -0.39 is 17.7 Å². The molecule has 2 heterocycles. The number of aliphatic hydroxyl groups is 2. The lowest BCUT2D eigenvalue weighted by Gasteiger charge is -2.60. The lowest BCUT2D eigenvalue weighted by molar-refractivity contribution is -0.258. The van der Waals surface area contributed by atoms with Gasteiger partial charge in [0.25, 0.3) is 0 Å². The van der Waals surface area contributed by atoms with Crippen LogP contribution in [0.1, 0.15) is 85.2 Å². The van der Waals surface area contributed by atoms with Crippen molar-refractivity contribution >= 4 is 17.9 Å². The molecule has 0 unspecified atom stereocenters. The lowest BCUT2D eigenvalue weighted by Crippen LogP contribution is -2.70. The van der Waals surface area contributed by atoms with Crippen LogP contribution in [0.2, 0.25) is 0 Å². The molecule has 2 fully saturated rings. The maximum Gasteiger partial charge on any atom is 0.239 e. The minimum Gasteiger partial charge on any atom is -0.496 e. The van der Waals surface area contributed by atoms with Crippen LogP contribution in [-0.4, -0.2) is 85.7 Å². The summed E-state index contributed by atoms with van der Waals surface area (Å²) in [6.45, 7) is 4.78. The van der Waals surface area contributed by atoms with Gasteiger partial charge in [-0.3, -0.25) is 9.59 Å². The summed E-state index contributed by atoms with van der Waals surface area (Å²) in [5.41, 5.74) is 3.84. The summed E-state index contributed by atoms with van der Waals surface area (Å²) in [4.78, 5) is 34.3. The van der Waals surface area contributed by atoms with Gasteiger partial charge in [-0.1, -0.05) is 36.2 Å². The Hall–Kier alpha value is -5.37. The molecule has 3 aromatic carbocycles. The van der Waals surface area contributed by atoms with Crippen LogP contribution in [0.3, 0.4) is 0 Å². The third-order valence-electron chi connectivity index (χ3n) is 12.8. The highest BCUT2D eigenvalue weighted by Crippen LogP contribution is 2.62. The van der Waals surface area contributed by atoms with Crippen molar-refractivity contribution in [3.05, 3.63) is 95.6 Å². The van der Waals surface area contributed by atoms with E-state index in [0.717, 1.165) is 67.2 Å². The van der Waals surface area contributed by atoms with Crippen molar-refractivity contribution in [1.29, 1.82) is 0 Å². The van der Waals surface area contributed by atoms with Crippen LogP contribution >= 0.6 is 0 Å². The Morgan fingerprint density at radius 3 is 2.44 bits per heavy atom. The summed E-state index contributed by atoms with van der Waals surface area (Å²) in [5.74, 6) is 1.29. The number of carbonyl (C=O) groups is 2. The van der Waals surface area contributed by atoms with Crippen molar-refractivity contribution in [1.82, 2.24) is 4.90 Å². The highest BCUT2D eigenvalue weighted by molar-refractivity contribution is 6.03. The number of aldehydes is 1. The van der Waals surface area contributed by atoms with E-state index in [9.17, 15) is 19.8 Å². The molecule has 8 rings (SSSR count). The Labute approximate surface area is 356 Å². The molecule has 2 saturated carbocycles. The number of carbonyl (C=O) groups excluding carboxylic acids is 2. The van der Waals surface area contributed by atoms with E-state index >= 15 is 0 Å². The quantitative estimate of drug-likeness (QED) is 0.0497. The molecule has 0 saturated heterocycles. The summed E-state index contributed by atoms with van der Waals surface area (Å²) in [6.07, 6.45) is 11.2. The molecule has 13 nitrogen and oxygen atoms in total. The van der Waals surface area contributed by atoms with Crippen molar-refractivity contribution in [3.63, 3.8) is 0 Å². The van der Waals surface area contributed by atoms with E-state index in [1.165, 1.54) is 7.11 Å². The average molecular weight is 837 g/mol. The first kappa shape index (κ1) is 42.3. The Bertz CT molecular complexity index is 2150. The monoisotopic (exact) mass is 836 g/mol. The number of hydrogen-bond donors (Lipinski definition) is 2. The Kier molecular flexibility index (Phi) is 13.0. The Morgan fingerprint density at radius 2 is 1.70 bits per heavy atom. The molecule has 2 aliphatic heterocycles. The van der Waals surface area contributed by atoms with Gasteiger partial charge in [0.2, 0.25) is 18.5 Å². The maximum atomic E-state index is 14.8. The standard InChI is InChI=1S/C48H56N2O11/c1-4-21-59-48-44(50(47(54)31-12-13-31)27-30-11-16-42-43(22-30)58-29-57-42)26-39(49-56-3)37-24-32(9-5-7-19-51)36(10-6-8-20-52)45(46(37)48)38-25-35(15-18-41(38)61-48)60-34-14-17-40(55-2)33(23-34)28-53/h4,11,14-18,22-25,28,31-32,36,44-46,51-52H,1,5-10,12-13,19-21,26-27,29H2,2-3H3/t32-,36+,44-,45+,46+,48+/m0/s1. The second-order valence-corrected chi connectivity index (χ2v) is 16.5. The van der Waals surface area contributed by atoms with E-state index in [1.54, 1.807) is 31.4 Å². The molecule has 3 aliphatic carbocycles. The van der Waals surface area contributed by atoms with Crippen LogP contribution in [-0.2, 0) is 20.9 Å². The van der Waals surface area contributed by atoms with Crippen molar-refractivity contribution in [3.8, 4) is 34.5 Å². The molecule has 6 atom stereocenters. The molecule has 2 N–H and O–H groups in total. The first-order valence-corrected chi connectivity index (χ1v) is 21.5. The molecule has 3 aromatic rings. The highest BCUT2D eigenvalue weighted by Gasteiger charge is 2.66. The number of fused-ring (bicyclic) bond motifs is 3. The van der Waals surface area contributed by atoms with E-state index in [0.29, 0.717) is 59.3 Å². The number of methoxy groups -OCH3 is 1. The molecule has 1 amide bonds. The predicted octanol–water partition coefficient (Wildman–Crippen LogP) is 7.73. The van der Waals surface area contributed by atoms with Crippen LogP contribution < -0.4 is 23.7 Å². The maximum absolute atomic E-state index is 14.8. The van der Waals surface area contributed by atoms with Gasteiger partial charge in [-0.15, -0.1) is 6.58 Å². The van der Waals surface area contributed by atoms with Crippen LogP contribution in [0, 0.1) is 23.7 Å². The number of aliphatic hydroxyl groups excluding tert-OH is 2. The Balaban J connectivity index is 1.31. The van der Waals surface area contributed by atoms with Gasteiger partial charge in [0.05, 0.1) is 30.9 Å². The summed E-state index contributed by atoms with van der Waals surface area (Å²) in [5, 5.41) is 24.6. The smallest absolute Gasteiger partial charge is 0.239 e. The number of ether oxygens (including phenoxy) is 6. The first-order chi connectivity index (χ1) is 29.9. The minimum absolute atomic E-state index is 0.0227. The lowest BCUT2D eigenvalue weighted by atomic mass is 9.55. The van der Waals surface area contributed by atoms with E-state index in [2.05, 4.69) is 12.7 Å². The first-order valence-electron chi connectivity index (χ1n) is 21.5. The van der Waals surface area contributed by atoms with Gasteiger partial charge in [-0.25, -0.2) is 0 Å². The number of benzene rings is 3. The van der Waals surface area contributed by atoms with E-state index in [1.807, 2.05) is 41.3 Å². The van der Waals surface area contributed by atoms with Gasteiger partial charge in [0, 0.05) is 43.6 Å². The molecule has 13 heteroatoms. The number of rotatable bonds is 20. The summed E-state index contributed by atoms with van der Waals surface area (Å²) < 4.78 is 37.7. The average Bonchev–Trinajstić information content (AvgIpc) is 4.03. The number of hydrogen-bond acceptors (Lipinski definition) is 12. The summed E-state index contributed by atoms with van der Waals surface area (Å²) >= 11 is 0. The largest absolute Gasteiger partial charge is 0.496 e. The molecule has 5 aliphatic rings. The van der Waals surface area contributed by atoms with Gasteiger partial charge in [-0.2, -0.15) is 0 Å². The fourth-order valence-electron chi connectivity index (χ4n) is 9.97. The van der Waals surface area contributed by atoms with Gasteiger partial charge in [-0.05, 0) is 110 Å². The topological polar surface area (TPSA) is 155 Å². The highest BCUT2D eigenvalue weighted by atomic mass is 16.7. The number of allylic oxidation sites excluding steroid dienone is 1. The molecule has 61 heavy (non-hydrogen) atoms. The molecular formula is C48H56N2O11. The number of amides is 1. The zero-order valence-electron chi connectivity index (χ0n) is 35.0. The number of nitrogens with zero attached hydrogens (tertiary/aromatic N) is 2. The van der Waals surface area contributed by atoms with Crippen molar-refractivity contribution < 1.29 is 53.1 Å². The van der Waals surface area contributed by atoms with E-state index in [-0.39, 0.29) is 62.7 Å². The fraction of sp³-hybridized carbons (Fsp3) is 0.479. The minimum atomic E-state index is -1.39. The molecule has 0 aromatic heterocycles. The zero-order chi connectivity index (χ0) is 42.5. The zero-order valence-corrected chi connectivity index (χ0v) is 35.0. The molecule has 0 bridgehead atoms. The van der Waals surface area contributed by atoms with Crippen LogP contribution in [0.5, 0.6) is 34.5 Å². The second kappa shape index (κ2) is 18.7. The van der Waals surface area contributed by atoms with Gasteiger partial charge < -0.3 is 48.4 Å². The van der Waals surface area contributed by atoms with Crippen molar-refractivity contribution in [2.75, 3.05) is 40.8 Å². The van der Waals surface area contributed by atoms with Crippen LogP contribution in [0.15, 0.2) is 84.1 Å². The normalized spacial score (nSPS) is 25.1. The molecule has 0 spiro atoms. The van der Waals surface area contributed by atoms with Gasteiger partial charge in [0.15, 0.2) is 17.8 Å². The molecule has 324 valence electrons. The predicted molar refractivity (Wildman–Crippen MR) is 226 cm³/mol. The third kappa shape index (κ3) is 8.47. The van der Waals surface area contributed by atoms with E-state index in [4.69, 9.17) is 38.4 Å². The SMILES string of the molecule is C=CCO[C@@]12Oc3ccc(Oc4ccc(OC)c(C=O)c4)cc3[C@H]3[C@H](CCCCO)[C@@H](CCCCO)C=C(C(=NOC)C[C@@H]1N(Cc1ccc4c(c1)OCO4)C(=O)C1CC1)[C@H]32. The second-order valence-electron chi connectivity index (χ2n) is 16.5. The fourth-order valence-corrected chi connectivity index (χ4v) is 9.97. The number of unbranched alkanes of at least 4 members (excludes halogenated alkanes) is 2. The summed E-state index contributed by atoms with van der Waals surface area (Å²) in [7, 11) is 3.06. The molecule has 0 radical (unpaired) electrons. The third-order valence-corrected chi connectivity index (χ3v) is 12.8. The Morgan fingerprint density at radius 1 is 0.951 bits per heavy atom. The van der Waals surface area contributed by atoms with Crippen molar-refractivity contribution in [2.24, 2.45) is 28.8 Å². The van der Waals surface area contributed by atoms with Gasteiger partial charge in [0.1, 0.15) is 36.1 Å². The summed E-state index contributed by atoms with van der Waals surface area (Å²) in [6, 6.07) is 16.0. The van der Waals surface area contributed by atoms with Gasteiger partial charge >= 0.3 is 0 Å². The van der Waals surface area contributed by atoms with Crippen LogP contribution in [0.25, 0.3) is 0 Å². The van der Waals surface area contributed by atoms with Crippen LogP contribution in [0.4, 0.5) is 0 Å². The number of oxime groups is 1. The van der Waals surface area contributed by atoms with Crippen molar-refractivity contribution in [2.45, 2.75) is 82.1 Å². The molecular weight excluding hydrogens is 781 g/mol.